The quantitative estimate of drug-likeness (QED) is 0.305. The van der Waals surface area contributed by atoms with Crippen LogP contribution >= 0.6 is 0 Å². The van der Waals surface area contributed by atoms with Crippen LogP contribution in [0.1, 0.15) is 56.3 Å². The van der Waals surface area contributed by atoms with Crippen LogP contribution in [0, 0.1) is 17.7 Å². The zero-order valence-corrected chi connectivity index (χ0v) is 25.4. The summed E-state index contributed by atoms with van der Waals surface area (Å²) in [6.07, 6.45) is 4.50. The Hall–Kier alpha value is -3.28. The van der Waals surface area contributed by atoms with Crippen LogP contribution in [-0.2, 0) is 21.2 Å². The first kappa shape index (κ1) is 30.7. The van der Waals surface area contributed by atoms with Crippen molar-refractivity contribution < 1.29 is 26.4 Å². The van der Waals surface area contributed by atoms with Gasteiger partial charge in [0, 0.05) is 43.2 Å². The van der Waals surface area contributed by atoms with Crippen molar-refractivity contribution in [3.05, 3.63) is 83.9 Å². The summed E-state index contributed by atoms with van der Waals surface area (Å²) < 4.78 is 66.9. The number of hydrogen-bond acceptors (Lipinski definition) is 6. The number of sulfone groups is 1. The lowest BCUT2D eigenvalue weighted by Gasteiger charge is -2.28. The molecular weight excluding hydrogens is 589 g/mol. The first-order valence-corrected chi connectivity index (χ1v) is 16.7. The lowest BCUT2D eigenvalue weighted by Crippen LogP contribution is -2.35. The van der Waals surface area contributed by atoms with Crippen LogP contribution < -0.4 is 10.6 Å². The first-order chi connectivity index (χ1) is 21.0. The standard InChI is InChI=1S/C33H37F3N4O3S/c1-21(22-6-11-27(34)12-7-22)38-31(41)25-4-2-24(3-5-25)30-32(39-30)44(42,43)29-14-9-23(10-15-29)26-8-13-28(37-18-26)19-40-17-16-33(35,36)20-40/h6-15,18,21,24-25,30,32,39H,2-5,16-17,19-20H2,1H3,(H,38,41)/t21-,24?,25?,30?,32?/m1/s1. The number of nitrogens with one attached hydrogen (secondary N) is 2. The zero-order chi connectivity index (χ0) is 31.1. The second kappa shape index (κ2) is 12.3. The maximum absolute atomic E-state index is 13.5. The SMILES string of the molecule is C[C@@H](NC(=O)C1CCC(C2NC2S(=O)(=O)c2ccc(-c3ccc(CN4CCC(F)(F)C4)nc3)cc2)CC1)c1ccc(F)cc1. The Morgan fingerprint density at radius 1 is 1.02 bits per heavy atom. The van der Waals surface area contributed by atoms with Crippen LogP contribution in [-0.4, -0.2) is 54.6 Å². The van der Waals surface area contributed by atoms with Gasteiger partial charge in [-0.25, -0.2) is 21.6 Å². The molecule has 0 bridgehead atoms. The highest BCUT2D eigenvalue weighted by Crippen LogP contribution is 2.39. The van der Waals surface area contributed by atoms with Crippen LogP contribution in [0.2, 0.25) is 0 Å². The molecule has 3 aliphatic rings. The highest BCUT2D eigenvalue weighted by atomic mass is 32.2. The van der Waals surface area contributed by atoms with Gasteiger partial charge in [-0.15, -0.1) is 0 Å². The molecule has 11 heteroatoms. The lowest BCUT2D eigenvalue weighted by molar-refractivity contribution is -0.126. The normalized spacial score (nSPS) is 25.8. The van der Waals surface area contributed by atoms with E-state index in [-0.39, 0.29) is 53.5 Å². The topological polar surface area (TPSA) is 101 Å². The van der Waals surface area contributed by atoms with Gasteiger partial charge < -0.3 is 5.32 Å². The molecule has 3 heterocycles. The monoisotopic (exact) mass is 626 g/mol. The minimum Gasteiger partial charge on any atom is -0.349 e. The van der Waals surface area contributed by atoms with Crippen molar-refractivity contribution in [3.8, 4) is 11.1 Å². The van der Waals surface area contributed by atoms with E-state index in [1.54, 1.807) is 47.5 Å². The number of amides is 1. The maximum atomic E-state index is 13.5. The van der Waals surface area contributed by atoms with E-state index in [1.165, 1.54) is 12.1 Å². The molecule has 2 saturated heterocycles. The first-order valence-electron chi connectivity index (χ1n) is 15.2. The van der Waals surface area contributed by atoms with Crippen LogP contribution in [0.5, 0.6) is 0 Å². The van der Waals surface area contributed by atoms with E-state index in [0.717, 1.165) is 29.5 Å². The minimum absolute atomic E-state index is 0.0191. The third-order valence-electron chi connectivity index (χ3n) is 9.26. The summed E-state index contributed by atoms with van der Waals surface area (Å²) in [7, 11) is -3.57. The fraction of sp³-hybridized carbons (Fsp3) is 0.455. The third-order valence-corrected chi connectivity index (χ3v) is 11.3. The van der Waals surface area contributed by atoms with Crippen LogP contribution in [0.4, 0.5) is 13.2 Å². The number of pyridine rings is 1. The Kier molecular flexibility index (Phi) is 8.56. The molecule has 7 nitrogen and oxygen atoms in total. The summed E-state index contributed by atoms with van der Waals surface area (Å²) >= 11 is 0. The summed E-state index contributed by atoms with van der Waals surface area (Å²) in [5.74, 6) is -2.91. The fourth-order valence-corrected chi connectivity index (χ4v) is 8.30. The van der Waals surface area contributed by atoms with Crippen molar-refractivity contribution in [3.63, 3.8) is 0 Å². The molecule has 3 atom stereocenters. The van der Waals surface area contributed by atoms with Crippen LogP contribution in [0.15, 0.2) is 71.8 Å². The van der Waals surface area contributed by atoms with Gasteiger partial charge in [0.25, 0.3) is 5.92 Å². The van der Waals surface area contributed by atoms with Crippen molar-refractivity contribution in [1.29, 1.82) is 0 Å². The Labute approximate surface area is 256 Å². The molecule has 0 radical (unpaired) electrons. The average Bonchev–Trinajstić information content (AvgIpc) is 3.76. The van der Waals surface area contributed by atoms with Gasteiger partial charge in [-0.2, -0.15) is 0 Å². The summed E-state index contributed by atoms with van der Waals surface area (Å²) in [5, 5.41) is 5.58. The van der Waals surface area contributed by atoms with E-state index in [4.69, 9.17) is 0 Å². The average molecular weight is 627 g/mol. The van der Waals surface area contributed by atoms with E-state index in [2.05, 4.69) is 15.6 Å². The van der Waals surface area contributed by atoms with Gasteiger partial charge in [-0.05, 0) is 80.0 Å². The van der Waals surface area contributed by atoms with Crippen LogP contribution in [0.3, 0.4) is 0 Å². The molecular formula is C33H37F3N4O3S. The van der Waals surface area contributed by atoms with E-state index in [1.807, 2.05) is 19.1 Å². The van der Waals surface area contributed by atoms with E-state index < -0.39 is 21.1 Å². The fourth-order valence-electron chi connectivity index (χ4n) is 6.55. The number of nitrogens with zero attached hydrogens (tertiary/aromatic N) is 2. The zero-order valence-electron chi connectivity index (χ0n) is 24.6. The van der Waals surface area contributed by atoms with Gasteiger partial charge in [0.2, 0.25) is 5.91 Å². The van der Waals surface area contributed by atoms with Gasteiger partial charge in [0.05, 0.1) is 23.2 Å². The predicted molar refractivity (Wildman–Crippen MR) is 161 cm³/mol. The smallest absolute Gasteiger partial charge is 0.261 e. The number of benzene rings is 2. The molecule has 1 amide bonds. The van der Waals surface area contributed by atoms with E-state index >= 15 is 0 Å². The van der Waals surface area contributed by atoms with E-state index in [0.29, 0.717) is 31.6 Å². The molecule has 3 aromatic rings. The molecule has 1 saturated carbocycles. The number of likely N-dealkylation sites (tertiary alicyclic amines) is 1. The number of carbonyl (C=O) groups excluding carboxylic acids is 1. The highest BCUT2D eigenvalue weighted by molar-refractivity contribution is 7.92. The predicted octanol–water partition coefficient (Wildman–Crippen LogP) is 5.48. The molecule has 2 aromatic carbocycles. The molecule has 44 heavy (non-hydrogen) atoms. The molecule has 1 aromatic heterocycles. The molecule has 2 N–H and O–H groups in total. The number of aromatic nitrogens is 1. The van der Waals surface area contributed by atoms with E-state index in [9.17, 15) is 26.4 Å². The molecule has 1 aliphatic carbocycles. The van der Waals surface area contributed by atoms with Gasteiger partial charge in [-0.1, -0.05) is 30.3 Å². The van der Waals surface area contributed by atoms with Gasteiger partial charge in [-0.3, -0.25) is 20.0 Å². The Morgan fingerprint density at radius 3 is 2.32 bits per heavy atom. The molecule has 3 fully saturated rings. The Balaban J connectivity index is 0.993. The number of hydrogen-bond donors (Lipinski definition) is 2. The summed E-state index contributed by atoms with van der Waals surface area (Å²) in [4.78, 5) is 19.2. The number of halogens is 3. The van der Waals surface area contributed by atoms with Crippen molar-refractivity contribution in [2.75, 3.05) is 13.1 Å². The summed E-state index contributed by atoms with van der Waals surface area (Å²) in [5.41, 5.74) is 3.20. The lowest BCUT2D eigenvalue weighted by atomic mass is 9.80. The molecule has 234 valence electrons. The van der Waals surface area contributed by atoms with Crippen molar-refractivity contribution in [1.82, 2.24) is 20.5 Å². The van der Waals surface area contributed by atoms with Gasteiger partial charge >= 0.3 is 0 Å². The summed E-state index contributed by atoms with van der Waals surface area (Å²) in [6.45, 7) is 2.35. The summed E-state index contributed by atoms with van der Waals surface area (Å²) in [6, 6.07) is 16.2. The van der Waals surface area contributed by atoms with Crippen molar-refractivity contribution >= 4 is 15.7 Å². The molecule has 2 unspecified atom stereocenters. The molecule has 2 aliphatic heterocycles. The Bertz CT molecular complexity index is 1580. The van der Waals surface area contributed by atoms with Crippen molar-refractivity contribution in [2.24, 2.45) is 11.8 Å². The number of carbonyl (C=O) groups is 1. The van der Waals surface area contributed by atoms with Gasteiger partial charge in [0.1, 0.15) is 11.2 Å². The number of alkyl halides is 2. The second-order valence-electron chi connectivity index (χ2n) is 12.4. The van der Waals surface area contributed by atoms with Crippen LogP contribution in [0.25, 0.3) is 11.1 Å². The largest absolute Gasteiger partial charge is 0.349 e. The highest BCUT2D eigenvalue weighted by Gasteiger charge is 2.51. The maximum Gasteiger partial charge on any atom is 0.261 e. The van der Waals surface area contributed by atoms with Gasteiger partial charge in [0.15, 0.2) is 9.84 Å². The minimum atomic E-state index is -3.57. The second-order valence-corrected chi connectivity index (χ2v) is 14.5. The van der Waals surface area contributed by atoms with Crippen molar-refractivity contribution in [2.45, 2.75) is 73.8 Å². The molecule has 6 rings (SSSR count). The number of rotatable bonds is 9. The third kappa shape index (κ3) is 6.84. The molecule has 0 spiro atoms. The Morgan fingerprint density at radius 2 is 1.70 bits per heavy atom.